The smallest absolute Gasteiger partial charge is 0.225 e. The van der Waals surface area contributed by atoms with E-state index in [1.54, 1.807) is 0 Å². The molecule has 0 spiro atoms. The first-order valence-electron chi connectivity index (χ1n) is 6.41. The van der Waals surface area contributed by atoms with Gasteiger partial charge in [-0.2, -0.15) is 0 Å². The number of hydrogen-bond acceptors (Lipinski definition) is 4. The number of rotatable bonds is 5. The van der Waals surface area contributed by atoms with Crippen LogP contribution in [0.15, 0.2) is 6.20 Å². The fraction of sp³-hybridized carbons (Fsp3) is 0.692. The van der Waals surface area contributed by atoms with Gasteiger partial charge in [-0.3, -0.25) is 0 Å². The van der Waals surface area contributed by atoms with Gasteiger partial charge in [0, 0.05) is 36.6 Å². The van der Waals surface area contributed by atoms with Gasteiger partial charge in [0.25, 0.3) is 0 Å². The molecule has 0 saturated heterocycles. The van der Waals surface area contributed by atoms with Gasteiger partial charge in [0.15, 0.2) is 0 Å². The monoisotopic (exact) mass is 234 g/mol. The molecule has 1 saturated carbocycles. The summed E-state index contributed by atoms with van der Waals surface area (Å²) in [6.45, 7) is 7.98. The summed E-state index contributed by atoms with van der Waals surface area (Å²) < 4.78 is 0. The van der Waals surface area contributed by atoms with Crippen LogP contribution in [-0.2, 0) is 6.54 Å². The molecule has 1 aliphatic carbocycles. The van der Waals surface area contributed by atoms with E-state index in [1.165, 1.54) is 12.8 Å². The summed E-state index contributed by atoms with van der Waals surface area (Å²) in [6, 6.07) is 0.443. The van der Waals surface area contributed by atoms with Gasteiger partial charge in [-0.1, -0.05) is 0 Å². The Balaban J connectivity index is 2.19. The molecule has 1 heterocycles. The van der Waals surface area contributed by atoms with E-state index in [-0.39, 0.29) is 0 Å². The fourth-order valence-electron chi connectivity index (χ4n) is 1.92. The molecule has 2 rings (SSSR count). The zero-order valence-electron chi connectivity index (χ0n) is 11.0. The highest BCUT2D eigenvalue weighted by molar-refractivity contribution is 5.34. The van der Waals surface area contributed by atoms with Gasteiger partial charge in [-0.25, -0.2) is 9.97 Å². The van der Waals surface area contributed by atoms with E-state index in [1.807, 2.05) is 13.1 Å². The molecule has 17 heavy (non-hydrogen) atoms. The quantitative estimate of drug-likeness (QED) is 0.845. The number of hydrogen-bond donors (Lipinski definition) is 1. The maximum atomic E-state index is 5.63. The van der Waals surface area contributed by atoms with E-state index in [9.17, 15) is 0 Å². The Kier molecular flexibility index (Phi) is 3.62. The van der Waals surface area contributed by atoms with Crippen molar-refractivity contribution in [1.82, 2.24) is 9.97 Å². The second-order valence-electron chi connectivity index (χ2n) is 5.17. The molecular formula is C13H22N4. The Morgan fingerprint density at radius 2 is 2.18 bits per heavy atom. The van der Waals surface area contributed by atoms with Crippen LogP contribution in [0.5, 0.6) is 0 Å². The van der Waals surface area contributed by atoms with Crippen molar-refractivity contribution in [1.29, 1.82) is 0 Å². The first kappa shape index (κ1) is 12.3. The molecule has 0 amide bonds. The maximum Gasteiger partial charge on any atom is 0.225 e. The van der Waals surface area contributed by atoms with Gasteiger partial charge in [-0.05, 0) is 39.5 Å². The van der Waals surface area contributed by atoms with E-state index < -0.39 is 0 Å². The van der Waals surface area contributed by atoms with Crippen LogP contribution in [0, 0.1) is 12.8 Å². The second-order valence-corrected chi connectivity index (χ2v) is 5.17. The first-order chi connectivity index (χ1) is 8.11. The highest BCUT2D eigenvalue weighted by Gasteiger charge is 2.26. The van der Waals surface area contributed by atoms with Gasteiger partial charge >= 0.3 is 0 Å². The van der Waals surface area contributed by atoms with Gasteiger partial charge < -0.3 is 10.6 Å². The van der Waals surface area contributed by atoms with E-state index >= 15 is 0 Å². The van der Waals surface area contributed by atoms with Crippen molar-refractivity contribution in [2.24, 2.45) is 11.7 Å². The molecule has 1 aromatic rings. The van der Waals surface area contributed by atoms with Crippen LogP contribution in [0.2, 0.25) is 0 Å². The van der Waals surface area contributed by atoms with E-state index in [4.69, 9.17) is 5.73 Å². The molecule has 4 nitrogen and oxygen atoms in total. The van der Waals surface area contributed by atoms with Crippen LogP contribution in [0.4, 0.5) is 5.95 Å². The third-order valence-corrected chi connectivity index (χ3v) is 3.32. The third-order valence-electron chi connectivity index (χ3n) is 3.32. The minimum atomic E-state index is 0.443. The molecule has 2 N–H and O–H groups in total. The van der Waals surface area contributed by atoms with Crippen LogP contribution in [0.25, 0.3) is 0 Å². The van der Waals surface area contributed by atoms with Crippen molar-refractivity contribution in [3.8, 4) is 0 Å². The lowest BCUT2D eigenvalue weighted by Crippen LogP contribution is -2.34. The fourth-order valence-corrected chi connectivity index (χ4v) is 1.92. The zero-order chi connectivity index (χ0) is 12.4. The largest absolute Gasteiger partial charge is 0.338 e. The summed E-state index contributed by atoms with van der Waals surface area (Å²) in [7, 11) is 0. The van der Waals surface area contributed by atoms with Crippen molar-refractivity contribution in [3.63, 3.8) is 0 Å². The Bertz CT molecular complexity index is 385. The molecule has 0 atom stereocenters. The van der Waals surface area contributed by atoms with Crippen LogP contribution in [0.1, 0.15) is 37.9 Å². The summed E-state index contributed by atoms with van der Waals surface area (Å²) in [5, 5.41) is 0. The average molecular weight is 234 g/mol. The molecule has 0 aliphatic heterocycles. The van der Waals surface area contributed by atoms with Crippen LogP contribution >= 0.6 is 0 Å². The SMILES string of the molecule is Cc1nc(N(CC2CC2)C(C)C)ncc1CN. The van der Waals surface area contributed by atoms with E-state index in [0.717, 1.165) is 29.7 Å². The highest BCUT2D eigenvalue weighted by atomic mass is 15.3. The summed E-state index contributed by atoms with van der Waals surface area (Å²) in [6.07, 6.45) is 4.56. The Hall–Kier alpha value is -1.16. The minimum absolute atomic E-state index is 0.443. The molecular weight excluding hydrogens is 212 g/mol. The molecule has 0 aromatic carbocycles. The third kappa shape index (κ3) is 2.94. The van der Waals surface area contributed by atoms with Crippen LogP contribution in [-0.4, -0.2) is 22.6 Å². The Morgan fingerprint density at radius 1 is 1.47 bits per heavy atom. The lowest BCUT2D eigenvalue weighted by atomic mass is 10.2. The van der Waals surface area contributed by atoms with Crippen LogP contribution in [0.3, 0.4) is 0 Å². The number of nitrogens with two attached hydrogens (primary N) is 1. The highest BCUT2D eigenvalue weighted by Crippen LogP contribution is 2.31. The normalized spacial score (nSPS) is 15.4. The second kappa shape index (κ2) is 5.00. The molecule has 1 aliphatic rings. The summed E-state index contributed by atoms with van der Waals surface area (Å²) in [5.74, 6) is 1.69. The molecule has 0 bridgehead atoms. The standard InChI is InChI=1S/C13H22N4/c1-9(2)17(8-11-4-5-11)13-15-7-12(6-14)10(3)16-13/h7,9,11H,4-6,8,14H2,1-3H3. The lowest BCUT2D eigenvalue weighted by Gasteiger charge is -2.27. The zero-order valence-corrected chi connectivity index (χ0v) is 11.0. The number of aromatic nitrogens is 2. The van der Waals surface area contributed by atoms with Crippen molar-refractivity contribution in [2.75, 3.05) is 11.4 Å². The predicted octanol–water partition coefficient (Wildman–Crippen LogP) is 1.87. The summed E-state index contributed by atoms with van der Waals surface area (Å²) in [5.41, 5.74) is 7.66. The summed E-state index contributed by atoms with van der Waals surface area (Å²) in [4.78, 5) is 11.3. The Morgan fingerprint density at radius 3 is 2.65 bits per heavy atom. The van der Waals surface area contributed by atoms with Crippen LogP contribution < -0.4 is 10.6 Å². The molecule has 1 aromatic heterocycles. The number of nitrogens with zero attached hydrogens (tertiary/aromatic N) is 3. The van der Waals surface area contributed by atoms with E-state index in [0.29, 0.717) is 12.6 Å². The summed E-state index contributed by atoms with van der Waals surface area (Å²) >= 11 is 0. The molecule has 94 valence electrons. The first-order valence-corrected chi connectivity index (χ1v) is 6.41. The van der Waals surface area contributed by atoms with Crippen molar-refractivity contribution < 1.29 is 0 Å². The maximum absolute atomic E-state index is 5.63. The van der Waals surface area contributed by atoms with Gasteiger partial charge in [0.1, 0.15) is 0 Å². The molecule has 1 fully saturated rings. The Labute approximate surface area is 103 Å². The van der Waals surface area contributed by atoms with Gasteiger partial charge in [0.2, 0.25) is 5.95 Å². The minimum Gasteiger partial charge on any atom is -0.338 e. The molecule has 4 heteroatoms. The van der Waals surface area contributed by atoms with Crippen molar-refractivity contribution in [3.05, 3.63) is 17.5 Å². The van der Waals surface area contributed by atoms with Gasteiger partial charge in [-0.15, -0.1) is 0 Å². The van der Waals surface area contributed by atoms with Crippen molar-refractivity contribution >= 4 is 5.95 Å². The topological polar surface area (TPSA) is 55.0 Å². The lowest BCUT2D eigenvalue weighted by molar-refractivity contribution is 0.625. The average Bonchev–Trinajstić information content (AvgIpc) is 3.09. The van der Waals surface area contributed by atoms with Crippen molar-refractivity contribution in [2.45, 2.75) is 46.2 Å². The predicted molar refractivity (Wildman–Crippen MR) is 69.9 cm³/mol. The van der Waals surface area contributed by atoms with Gasteiger partial charge in [0.05, 0.1) is 0 Å². The number of anilines is 1. The van der Waals surface area contributed by atoms with E-state index in [2.05, 4.69) is 28.7 Å². The molecule has 0 unspecified atom stereocenters. The molecule has 0 radical (unpaired) electrons. The number of aryl methyl sites for hydroxylation is 1.